The molecule has 2 heterocycles. The molecular formula is C25H24N4O2S. The van der Waals surface area contributed by atoms with Crippen molar-refractivity contribution in [3.63, 3.8) is 0 Å². The van der Waals surface area contributed by atoms with Crippen molar-refractivity contribution in [2.45, 2.75) is 33.4 Å². The average molecular weight is 445 g/mol. The molecule has 0 aliphatic carbocycles. The summed E-state index contributed by atoms with van der Waals surface area (Å²) in [6, 6.07) is 18.7. The van der Waals surface area contributed by atoms with Gasteiger partial charge in [-0.1, -0.05) is 60.7 Å². The summed E-state index contributed by atoms with van der Waals surface area (Å²) in [4.78, 5) is 31.4. The van der Waals surface area contributed by atoms with Gasteiger partial charge >= 0.3 is 0 Å². The highest BCUT2D eigenvalue weighted by atomic mass is 32.1. The van der Waals surface area contributed by atoms with E-state index in [0.717, 1.165) is 21.8 Å². The molecule has 1 amide bonds. The number of thiazole rings is 1. The summed E-state index contributed by atoms with van der Waals surface area (Å²) >= 11 is 1.53. The number of aryl methyl sites for hydroxylation is 2. The molecule has 162 valence electrons. The predicted octanol–water partition coefficient (Wildman–Crippen LogP) is 4.85. The van der Waals surface area contributed by atoms with Gasteiger partial charge in [0.05, 0.1) is 22.4 Å². The Morgan fingerprint density at radius 2 is 1.69 bits per heavy atom. The second-order valence-corrected chi connectivity index (χ2v) is 8.50. The Balaban J connectivity index is 1.92. The van der Waals surface area contributed by atoms with Crippen LogP contribution in [-0.4, -0.2) is 20.7 Å². The van der Waals surface area contributed by atoms with Crippen LogP contribution in [0.3, 0.4) is 0 Å². The summed E-state index contributed by atoms with van der Waals surface area (Å²) in [7, 11) is 0. The van der Waals surface area contributed by atoms with E-state index >= 15 is 0 Å². The van der Waals surface area contributed by atoms with Crippen molar-refractivity contribution in [2.75, 3.05) is 0 Å². The molecule has 0 radical (unpaired) electrons. The van der Waals surface area contributed by atoms with Gasteiger partial charge in [0.2, 0.25) is 0 Å². The largest absolute Gasteiger partial charge is 0.344 e. The van der Waals surface area contributed by atoms with Gasteiger partial charge in [0.25, 0.3) is 11.5 Å². The predicted molar refractivity (Wildman–Crippen MR) is 128 cm³/mol. The molecule has 0 saturated carbocycles. The van der Waals surface area contributed by atoms with E-state index in [1.165, 1.54) is 16.0 Å². The molecule has 2 aromatic carbocycles. The van der Waals surface area contributed by atoms with Gasteiger partial charge in [-0.25, -0.2) is 9.67 Å². The SMILES string of the molecule is CCn1nc(-c2ccccc2)c(-c2ccccc2)c(C(=O)NC(C)c2csc(C)n2)c1=O. The van der Waals surface area contributed by atoms with Crippen LogP contribution in [-0.2, 0) is 6.54 Å². The molecule has 0 aliphatic rings. The Hall–Kier alpha value is -3.58. The zero-order valence-electron chi connectivity index (χ0n) is 18.2. The van der Waals surface area contributed by atoms with Crippen LogP contribution < -0.4 is 10.9 Å². The van der Waals surface area contributed by atoms with Crippen LogP contribution in [0.4, 0.5) is 0 Å². The summed E-state index contributed by atoms with van der Waals surface area (Å²) in [5.41, 5.74) is 3.18. The van der Waals surface area contributed by atoms with Gasteiger partial charge in [-0.3, -0.25) is 9.59 Å². The van der Waals surface area contributed by atoms with Crippen LogP contribution >= 0.6 is 11.3 Å². The second-order valence-electron chi connectivity index (χ2n) is 7.44. The molecule has 1 atom stereocenters. The third-order valence-electron chi connectivity index (χ3n) is 5.22. The first kappa shape index (κ1) is 21.6. The van der Waals surface area contributed by atoms with Crippen LogP contribution in [0.25, 0.3) is 22.4 Å². The number of carbonyl (C=O) groups excluding carboxylic acids is 1. The molecule has 0 aliphatic heterocycles. The summed E-state index contributed by atoms with van der Waals surface area (Å²) in [6.45, 7) is 5.99. The minimum absolute atomic E-state index is 0.0886. The van der Waals surface area contributed by atoms with Gasteiger partial charge in [0.1, 0.15) is 5.56 Å². The molecule has 4 aromatic rings. The molecule has 0 spiro atoms. The summed E-state index contributed by atoms with van der Waals surface area (Å²) in [6.07, 6.45) is 0. The van der Waals surface area contributed by atoms with Gasteiger partial charge < -0.3 is 5.32 Å². The van der Waals surface area contributed by atoms with Crippen molar-refractivity contribution in [3.05, 3.63) is 92.7 Å². The van der Waals surface area contributed by atoms with E-state index in [4.69, 9.17) is 0 Å². The zero-order chi connectivity index (χ0) is 22.7. The Labute approximate surface area is 190 Å². The Bertz CT molecular complexity index is 1300. The van der Waals surface area contributed by atoms with E-state index in [1.807, 2.05) is 86.8 Å². The van der Waals surface area contributed by atoms with Crippen LogP contribution in [0.2, 0.25) is 0 Å². The molecule has 0 saturated heterocycles. The lowest BCUT2D eigenvalue weighted by Crippen LogP contribution is -2.36. The monoisotopic (exact) mass is 444 g/mol. The van der Waals surface area contributed by atoms with Gasteiger partial charge in [-0.2, -0.15) is 5.10 Å². The summed E-state index contributed by atoms with van der Waals surface area (Å²) in [5.74, 6) is -0.436. The maximum absolute atomic E-state index is 13.5. The standard InChI is InChI=1S/C25H24N4O2S/c1-4-29-25(31)22(24(30)26-16(2)20-15-32-17(3)27-20)21(18-11-7-5-8-12-18)23(28-29)19-13-9-6-10-14-19/h5-16H,4H2,1-3H3,(H,26,30). The van der Waals surface area contributed by atoms with E-state index < -0.39 is 11.5 Å². The number of benzene rings is 2. The first-order valence-electron chi connectivity index (χ1n) is 10.5. The van der Waals surface area contributed by atoms with E-state index in [0.29, 0.717) is 17.8 Å². The first-order chi connectivity index (χ1) is 15.5. The van der Waals surface area contributed by atoms with Crippen molar-refractivity contribution in [1.29, 1.82) is 0 Å². The van der Waals surface area contributed by atoms with Crippen molar-refractivity contribution >= 4 is 17.2 Å². The molecule has 2 aromatic heterocycles. The average Bonchev–Trinajstić information content (AvgIpc) is 3.26. The van der Waals surface area contributed by atoms with Gasteiger partial charge in [0.15, 0.2) is 0 Å². The molecule has 7 heteroatoms. The quantitative estimate of drug-likeness (QED) is 0.461. The molecule has 32 heavy (non-hydrogen) atoms. The number of nitrogens with zero attached hydrogens (tertiary/aromatic N) is 3. The maximum Gasteiger partial charge on any atom is 0.280 e. The summed E-state index contributed by atoms with van der Waals surface area (Å²) in [5, 5.41) is 10.5. The van der Waals surface area contributed by atoms with Crippen LogP contribution in [0.15, 0.2) is 70.8 Å². The lowest BCUT2D eigenvalue weighted by Gasteiger charge is -2.18. The highest BCUT2D eigenvalue weighted by molar-refractivity contribution is 7.09. The molecular weight excluding hydrogens is 420 g/mol. The Kier molecular flexibility index (Phi) is 6.28. The molecule has 6 nitrogen and oxygen atoms in total. The number of nitrogens with one attached hydrogen (secondary N) is 1. The van der Waals surface area contributed by atoms with Crippen molar-refractivity contribution in [2.24, 2.45) is 0 Å². The fourth-order valence-electron chi connectivity index (χ4n) is 3.60. The second kappa shape index (κ2) is 9.28. The highest BCUT2D eigenvalue weighted by Crippen LogP contribution is 2.32. The third-order valence-corrected chi connectivity index (χ3v) is 6.01. The number of carbonyl (C=O) groups is 1. The highest BCUT2D eigenvalue weighted by Gasteiger charge is 2.26. The van der Waals surface area contributed by atoms with Crippen LogP contribution in [0.1, 0.15) is 40.9 Å². The third kappa shape index (κ3) is 4.24. The van der Waals surface area contributed by atoms with Gasteiger partial charge in [-0.15, -0.1) is 11.3 Å². The smallest absolute Gasteiger partial charge is 0.280 e. The summed E-state index contributed by atoms with van der Waals surface area (Å²) < 4.78 is 1.35. The number of rotatable bonds is 6. The topological polar surface area (TPSA) is 76.9 Å². The van der Waals surface area contributed by atoms with Crippen LogP contribution in [0.5, 0.6) is 0 Å². The fraction of sp³-hybridized carbons (Fsp3) is 0.200. The van der Waals surface area contributed by atoms with Crippen molar-refractivity contribution in [3.8, 4) is 22.4 Å². The van der Waals surface area contributed by atoms with E-state index in [9.17, 15) is 9.59 Å². The number of amides is 1. The molecule has 1 N–H and O–H groups in total. The van der Waals surface area contributed by atoms with Crippen LogP contribution in [0, 0.1) is 6.92 Å². The molecule has 0 bridgehead atoms. The minimum atomic E-state index is -0.436. The number of hydrogen-bond acceptors (Lipinski definition) is 5. The molecule has 0 fully saturated rings. The van der Waals surface area contributed by atoms with Gasteiger partial charge in [-0.05, 0) is 26.3 Å². The zero-order valence-corrected chi connectivity index (χ0v) is 19.0. The van der Waals surface area contributed by atoms with Crippen molar-refractivity contribution in [1.82, 2.24) is 20.1 Å². The Morgan fingerprint density at radius 1 is 1.06 bits per heavy atom. The van der Waals surface area contributed by atoms with Gasteiger partial charge in [0, 0.05) is 23.1 Å². The normalized spacial score (nSPS) is 11.8. The minimum Gasteiger partial charge on any atom is -0.344 e. The van der Waals surface area contributed by atoms with E-state index in [1.54, 1.807) is 0 Å². The molecule has 4 rings (SSSR count). The van der Waals surface area contributed by atoms with E-state index in [2.05, 4.69) is 15.4 Å². The van der Waals surface area contributed by atoms with E-state index in [-0.39, 0.29) is 11.6 Å². The first-order valence-corrected chi connectivity index (χ1v) is 11.4. The maximum atomic E-state index is 13.5. The number of aromatic nitrogens is 3. The Morgan fingerprint density at radius 3 is 2.25 bits per heavy atom. The fourth-order valence-corrected chi connectivity index (χ4v) is 4.31. The number of hydrogen-bond donors (Lipinski definition) is 1. The lowest BCUT2D eigenvalue weighted by atomic mass is 9.95. The lowest BCUT2D eigenvalue weighted by molar-refractivity contribution is 0.0937. The molecule has 1 unspecified atom stereocenters. The van der Waals surface area contributed by atoms with Crippen molar-refractivity contribution < 1.29 is 4.79 Å².